The van der Waals surface area contributed by atoms with Gasteiger partial charge in [0.2, 0.25) is 0 Å². The summed E-state index contributed by atoms with van der Waals surface area (Å²) < 4.78 is 4.53. The summed E-state index contributed by atoms with van der Waals surface area (Å²) in [6, 6.07) is 0.295. The van der Waals surface area contributed by atoms with E-state index < -0.39 is 0 Å². The van der Waals surface area contributed by atoms with Crippen LogP contribution in [0.2, 0.25) is 0 Å². The molecule has 0 heterocycles. The van der Waals surface area contributed by atoms with Gasteiger partial charge in [-0.15, -0.1) is 0 Å². The summed E-state index contributed by atoms with van der Waals surface area (Å²) in [7, 11) is 1.42. The van der Waals surface area contributed by atoms with Crippen molar-refractivity contribution in [1.29, 1.82) is 0 Å². The average molecular weight is 205 g/mol. The number of carbonyl (C=O) groups is 1. The molecule has 4 heteroatoms. The Balaban J connectivity index is 3.12. The number of hydrogen-bond donors (Lipinski definition) is 1. The fourth-order valence-electron chi connectivity index (χ4n) is 0.773. The molecule has 0 saturated heterocycles. The van der Waals surface area contributed by atoms with Gasteiger partial charge in [-0.2, -0.15) is 11.8 Å². The van der Waals surface area contributed by atoms with Gasteiger partial charge < -0.3 is 10.5 Å². The molecule has 0 aromatic rings. The van der Waals surface area contributed by atoms with Crippen molar-refractivity contribution >= 4 is 17.7 Å². The summed E-state index contributed by atoms with van der Waals surface area (Å²) in [6.07, 6.45) is 2.42. The first kappa shape index (κ1) is 12.8. The van der Waals surface area contributed by atoms with Crippen LogP contribution >= 0.6 is 11.8 Å². The van der Waals surface area contributed by atoms with Crippen molar-refractivity contribution in [1.82, 2.24) is 0 Å². The lowest BCUT2D eigenvalue weighted by molar-refractivity contribution is -0.140. The monoisotopic (exact) mass is 205 g/mol. The van der Waals surface area contributed by atoms with Gasteiger partial charge in [-0.05, 0) is 18.6 Å². The minimum atomic E-state index is -0.125. The highest BCUT2D eigenvalue weighted by Crippen LogP contribution is 2.07. The Bertz CT molecular complexity index is 142. The number of nitrogens with two attached hydrogens (primary N) is 1. The zero-order valence-electron chi connectivity index (χ0n) is 8.41. The lowest BCUT2D eigenvalue weighted by Gasteiger charge is -2.07. The van der Waals surface area contributed by atoms with E-state index in [0.717, 1.165) is 24.3 Å². The molecule has 2 N–H and O–H groups in total. The lowest BCUT2D eigenvalue weighted by atomic mass is 10.3. The largest absolute Gasteiger partial charge is 0.469 e. The second-order valence-electron chi connectivity index (χ2n) is 2.92. The quantitative estimate of drug-likeness (QED) is 0.504. The van der Waals surface area contributed by atoms with Crippen LogP contribution < -0.4 is 5.73 Å². The maximum absolute atomic E-state index is 10.7. The van der Waals surface area contributed by atoms with E-state index in [4.69, 9.17) is 5.73 Å². The molecule has 0 fully saturated rings. The van der Waals surface area contributed by atoms with Crippen LogP contribution in [-0.2, 0) is 9.53 Å². The van der Waals surface area contributed by atoms with E-state index >= 15 is 0 Å². The minimum absolute atomic E-state index is 0.125. The second-order valence-corrected chi connectivity index (χ2v) is 4.07. The van der Waals surface area contributed by atoms with Crippen LogP contribution in [0.4, 0.5) is 0 Å². The van der Waals surface area contributed by atoms with Gasteiger partial charge in [-0.3, -0.25) is 4.79 Å². The Morgan fingerprint density at radius 2 is 2.31 bits per heavy atom. The third-order valence-electron chi connectivity index (χ3n) is 1.75. The van der Waals surface area contributed by atoms with Crippen LogP contribution in [0.1, 0.15) is 26.2 Å². The van der Waals surface area contributed by atoms with Gasteiger partial charge in [0, 0.05) is 18.2 Å². The summed E-state index contributed by atoms with van der Waals surface area (Å²) in [5, 5.41) is 0. The SMILES string of the molecule is CCC(N)CSCCCC(=O)OC. The molecule has 78 valence electrons. The molecule has 0 aromatic carbocycles. The average Bonchev–Trinajstić information content (AvgIpc) is 2.16. The third-order valence-corrected chi connectivity index (χ3v) is 2.99. The fourth-order valence-corrected chi connectivity index (χ4v) is 1.83. The zero-order chi connectivity index (χ0) is 10.1. The van der Waals surface area contributed by atoms with Crippen LogP contribution in [0, 0.1) is 0 Å². The van der Waals surface area contributed by atoms with E-state index in [2.05, 4.69) is 11.7 Å². The number of rotatable bonds is 7. The molecule has 0 aliphatic carbocycles. The molecule has 0 spiro atoms. The van der Waals surface area contributed by atoms with Crippen molar-refractivity contribution in [2.45, 2.75) is 32.2 Å². The third kappa shape index (κ3) is 8.12. The first-order valence-corrected chi connectivity index (χ1v) is 5.76. The van der Waals surface area contributed by atoms with Gasteiger partial charge in [-0.1, -0.05) is 6.92 Å². The van der Waals surface area contributed by atoms with Crippen LogP contribution in [0.15, 0.2) is 0 Å². The van der Waals surface area contributed by atoms with Crippen LogP contribution in [-0.4, -0.2) is 30.6 Å². The topological polar surface area (TPSA) is 52.3 Å². The Kier molecular flexibility index (Phi) is 8.24. The summed E-state index contributed by atoms with van der Waals surface area (Å²) in [4.78, 5) is 10.7. The van der Waals surface area contributed by atoms with Gasteiger partial charge in [0.05, 0.1) is 7.11 Å². The first-order chi connectivity index (χ1) is 6.20. The zero-order valence-corrected chi connectivity index (χ0v) is 9.23. The minimum Gasteiger partial charge on any atom is -0.469 e. The summed E-state index contributed by atoms with van der Waals surface area (Å²) >= 11 is 1.81. The molecular weight excluding hydrogens is 186 g/mol. The van der Waals surface area contributed by atoms with Crippen molar-refractivity contribution in [2.24, 2.45) is 5.73 Å². The smallest absolute Gasteiger partial charge is 0.305 e. The molecular formula is C9H19NO2S. The molecule has 0 radical (unpaired) electrons. The number of ether oxygens (including phenoxy) is 1. The molecule has 0 rings (SSSR count). The molecule has 0 aliphatic rings. The molecule has 0 amide bonds. The van der Waals surface area contributed by atoms with E-state index in [1.165, 1.54) is 7.11 Å². The Hall–Kier alpha value is -0.220. The molecule has 0 aliphatic heterocycles. The summed E-state index contributed by atoms with van der Waals surface area (Å²) in [6.45, 7) is 2.08. The fraction of sp³-hybridized carbons (Fsp3) is 0.889. The van der Waals surface area contributed by atoms with Gasteiger partial charge in [0.25, 0.3) is 0 Å². The highest BCUT2D eigenvalue weighted by atomic mass is 32.2. The van der Waals surface area contributed by atoms with Gasteiger partial charge >= 0.3 is 5.97 Å². The normalized spacial score (nSPS) is 12.5. The van der Waals surface area contributed by atoms with Crippen molar-refractivity contribution in [3.63, 3.8) is 0 Å². The molecule has 1 atom stereocenters. The van der Waals surface area contributed by atoms with E-state index in [0.29, 0.717) is 12.5 Å². The van der Waals surface area contributed by atoms with Crippen molar-refractivity contribution in [2.75, 3.05) is 18.6 Å². The predicted molar refractivity (Wildman–Crippen MR) is 56.8 cm³/mol. The first-order valence-electron chi connectivity index (χ1n) is 4.60. The van der Waals surface area contributed by atoms with E-state index in [1.54, 1.807) is 11.8 Å². The van der Waals surface area contributed by atoms with Crippen molar-refractivity contribution < 1.29 is 9.53 Å². The van der Waals surface area contributed by atoms with Gasteiger partial charge in [-0.25, -0.2) is 0 Å². The molecule has 3 nitrogen and oxygen atoms in total. The van der Waals surface area contributed by atoms with Crippen molar-refractivity contribution in [3.8, 4) is 0 Å². The van der Waals surface area contributed by atoms with E-state index in [-0.39, 0.29) is 5.97 Å². The Morgan fingerprint density at radius 3 is 2.85 bits per heavy atom. The summed E-state index contributed by atoms with van der Waals surface area (Å²) in [5.74, 6) is 1.85. The predicted octanol–water partition coefficient (Wildman–Crippen LogP) is 1.41. The molecule has 0 saturated carbocycles. The Labute approximate surface area is 84.4 Å². The molecule has 1 unspecified atom stereocenters. The van der Waals surface area contributed by atoms with Crippen LogP contribution in [0.25, 0.3) is 0 Å². The van der Waals surface area contributed by atoms with E-state index in [1.807, 2.05) is 0 Å². The van der Waals surface area contributed by atoms with Gasteiger partial charge in [0.15, 0.2) is 0 Å². The number of thioether (sulfide) groups is 1. The Morgan fingerprint density at radius 1 is 1.62 bits per heavy atom. The second kappa shape index (κ2) is 8.38. The number of methoxy groups -OCH3 is 1. The van der Waals surface area contributed by atoms with E-state index in [9.17, 15) is 4.79 Å². The van der Waals surface area contributed by atoms with Gasteiger partial charge in [0.1, 0.15) is 0 Å². The number of esters is 1. The lowest BCUT2D eigenvalue weighted by Crippen LogP contribution is -2.21. The number of carbonyl (C=O) groups excluding carboxylic acids is 1. The maximum atomic E-state index is 10.7. The highest BCUT2D eigenvalue weighted by molar-refractivity contribution is 7.99. The molecule has 0 bridgehead atoms. The summed E-state index contributed by atoms with van der Waals surface area (Å²) in [5.41, 5.74) is 5.73. The standard InChI is InChI=1S/C9H19NO2S/c1-3-8(10)7-13-6-4-5-9(11)12-2/h8H,3-7,10H2,1-2H3. The van der Waals surface area contributed by atoms with Crippen LogP contribution in [0.3, 0.4) is 0 Å². The van der Waals surface area contributed by atoms with Crippen LogP contribution in [0.5, 0.6) is 0 Å². The molecule has 13 heavy (non-hydrogen) atoms. The molecule has 0 aromatic heterocycles. The maximum Gasteiger partial charge on any atom is 0.305 e. The highest BCUT2D eigenvalue weighted by Gasteiger charge is 2.01. The van der Waals surface area contributed by atoms with Crippen molar-refractivity contribution in [3.05, 3.63) is 0 Å². The number of hydrogen-bond acceptors (Lipinski definition) is 4.